The van der Waals surface area contributed by atoms with Crippen LogP contribution in [-0.2, 0) is 4.79 Å². The molecule has 0 unspecified atom stereocenters. The minimum absolute atomic E-state index is 0.204. The summed E-state index contributed by atoms with van der Waals surface area (Å²) in [6.45, 7) is 7.13. The van der Waals surface area contributed by atoms with Gasteiger partial charge >= 0.3 is 0 Å². The third-order valence-electron chi connectivity index (χ3n) is 7.46. The van der Waals surface area contributed by atoms with Gasteiger partial charge in [0.05, 0.1) is 5.70 Å². The van der Waals surface area contributed by atoms with Crippen LogP contribution in [0.15, 0.2) is 27.8 Å². The molecular formula is C23H33N9O. The normalized spacial score (nSPS) is 29.0. The second-order valence-corrected chi connectivity index (χ2v) is 9.89. The van der Waals surface area contributed by atoms with Gasteiger partial charge in [0.25, 0.3) is 0 Å². The number of hydrogen-bond donors (Lipinski definition) is 3. The lowest BCUT2D eigenvalue weighted by atomic mass is 9.96. The Morgan fingerprint density at radius 2 is 2.09 bits per heavy atom. The number of rotatable bonds is 3. The number of nitrogens with one attached hydrogen (secondary N) is 3. The van der Waals surface area contributed by atoms with Crippen molar-refractivity contribution in [2.75, 3.05) is 39.3 Å². The zero-order valence-corrected chi connectivity index (χ0v) is 19.3. The molecule has 1 aliphatic carbocycles. The Morgan fingerprint density at radius 3 is 2.97 bits per heavy atom. The lowest BCUT2D eigenvalue weighted by molar-refractivity contribution is -0.140. The third kappa shape index (κ3) is 3.80. The van der Waals surface area contributed by atoms with E-state index < -0.39 is 5.54 Å². The molecular weight excluding hydrogens is 418 g/mol. The number of H-pyrrole nitrogens is 1. The zero-order valence-electron chi connectivity index (χ0n) is 19.3. The number of nitrogens with zero attached hydrogens (tertiary/aromatic N) is 6. The highest BCUT2D eigenvalue weighted by Crippen LogP contribution is 2.40. The summed E-state index contributed by atoms with van der Waals surface area (Å²) < 4.78 is 0. The number of amidine groups is 1. The molecule has 1 aromatic rings. The lowest BCUT2D eigenvalue weighted by Crippen LogP contribution is -2.62. The fourth-order valence-corrected chi connectivity index (χ4v) is 5.40. The van der Waals surface area contributed by atoms with Crippen LogP contribution in [0.3, 0.4) is 0 Å². The van der Waals surface area contributed by atoms with E-state index in [1.165, 1.54) is 12.8 Å². The van der Waals surface area contributed by atoms with Crippen molar-refractivity contribution in [1.82, 2.24) is 35.7 Å². The third-order valence-corrected chi connectivity index (χ3v) is 7.46. The molecule has 0 bridgehead atoms. The summed E-state index contributed by atoms with van der Waals surface area (Å²) in [4.78, 5) is 27.7. The maximum absolute atomic E-state index is 13.7. The quantitative estimate of drug-likeness (QED) is 0.643. The van der Waals surface area contributed by atoms with Gasteiger partial charge in [-0.3, -0.25) is 20.3 Å². The number of fused-ring (bicyclic) bond motifs is 1. The van der Waals surface area contributed by atoms with Crippen LogP contribution in [0, 0.1) is 0 Å². The molecule has 5 aliphatic rings. The van der Waals surface area contributed by atoms with Gasteiger partial charge in [0, 0.05) is 50.4 Å². The molecule has 1 aromatic heterocycles. The Labute approximate surface area is 194 Å². The molecule has 3 fully saturated rings. The molecule has 6 rings (SSSR count). The number of aliphatic imine (C=N–C) groups is 2. The molecule has 1 amide bonds. The van der Waals surface area contributed by atoms with E-state index in [0.29, 0.717) is 23.5 Å². The van der Waals surface area contributed by atoms with Crippen molar-refractivity contribution in [2.45, 2.75) is 56.9 Å². The van der Waals surface area contributed by atoms with Crippen molar-refractivity contribution >= 4 is 23.5 Å². The Bertz CT molecular complexity index is 1010. The monoisotopic (exact) mass is 451 g/mol. The van der Waals surface area contributed by atoms with Crippen LogP contribution in [0.2, 0.25) is 0 Å². The van der Waals surface area contributed by atoms with Crippen molar-refractivity contribution in [3.05, 3.63) is 23.5 Å². The first-order chi connectivity index (χ1) is 16.1. The Morgan fingerprint density at radius 1 is 1.18 bits per heavy atom. The maximum Gasteiger partial charge on any atom is 0.248 e. The highest BCUT2D eigenvalue weighted by Gasteiger charge is 2.48. The molecule has 2 saturated heterocycles. The minimum atomic E-state index is -0.603. The number of amides is 1. The van der Waals surface area contributed by atoms with Gasteiger partial charge in [0.1, 0.15) is 5.54 Å². The van der Waals surface area contributed by atoms with Gasteiger partial charge in [-0.15, -0.1) is 0 Å². The molecule has 0 spiro atoms. The molecule has 1 atom stereocenters. The average Bonchev–Trinajstić information content (AvgIpc) is 3.29. The Hall–Kier alpha value is -2.88. The van der Waals surface area contributed by atoms with E-state index in [1.807, 2.05) is 11.0 Å². The Kier molecular flexibility index (Phi) is 5.12. The first kappa shape index (κ1) is 20.7. The second-order valence-electron chi connectivity index (χ2n) is 9.89. The first-order valence-corrected chi connectivity index (χ1v) is 12.4. The summed E-state index contributed by atoms with van der Waals surface area (Å²) in [5, 5.41) is 13.0. The topological polar surface area (TPSA) is 104 Å². The van der Waals surface area contributed by atoms with E-state index in [2.05, 4.69) is 43.8 Å². The summed E-state index contributed by atoms with van der Waals surface area (Å²) in [5.74, 6) is 2.85. The van der Waals surface area contributed by atoms with E-state index in [9.17, 15) is 4.79 Å². The van der Waals surface area contributed by atoms with Gasteiger partial charge < -0.3 is 15.1 Å². The highest BCUT2D eigenvalue weighted by molar-refractivity contribution is 6.09. The largest absolute Gasteiger partial charge is 0.339 e. The number of carbonyl (C=O) groups excluding carboxylic acids is 1. The molecule has 0 radical (unpaired) electrons. The number of guanidine groups is 1. The highest BCUT2D eigenvalue weighted by atomic mass is 16.2. The standard InChI is InChI=1S/C23H33N9O/c1-23(21(33)30-11-4-9-24-10-14-30)8-3-12-31(23)22-26-20(18-5-2-13-32(18)29-22)25-19-15-17(27-28-19)16-6-7-16/h5,15-16,24H,2-4,6-14H2,1H3,(H2,25,26,27,28,29)/t23-/m0/s1. The summed E-state index contributed by atoms with van der Waals surface area (Å²) in [6, 6.07) is 2.04. The van der Waals surface area contributed by atoms with Gasteiger partial charge in [-0.05, 0) is 52.0 Å². The number of aromatic amines is 1. The SMILES string of the molecule is C[C@@]1(C(=O)N2CCCNCC2)CCCN1C1=NC(=Nc2cc(C3CC3)[nH]n2)C2=CCCN2N1. The van der Waals surface area contributed by atoms with Crippen LogP contribution in [0.4, 0.5) is 5.82 Å². The van der Waals surface area contributed by atoms with Gasteiger partial charge in [-0.1, -0.05) is 6.08 Å². The predicted molar refractivity (Wildman–Crippen MR) is 126 cm³/mol. The fraction of sp³-hybridized carbons (Fsp3) is 0.652. The van der Waals surface area contributed by atoms with E-state index in [-0.39, 0.29) is 5.91 Å². The molecule has 0 aromatic carbocycles. The van der Waals surface area contributed by atoms with Gasteiger partial charge in [0.2, 0.25) is 11.9 Å². The van der Waals surface area contributed by atoms with Crippen molar-refractivity contribution in [3.63, 3.8) is 0 Å². The molecule has 4 aliphatic heterocycles. The lowest BCUT2D eigenvalue weighted by Gasteiger charge is -2.42. The van der Waals surface area contributed by atoms with Crippen LogP contribution in [0.1, 0.15) is 57.1 Å². The van der Waals surface area contributed by atoms with Gasteiger partial charge in [0.15, 0.2) is 11.7 Å². The van der Waals surface area contributed by atoms with E-state index in [4.69, 9.17) is 9.98 Å². The number of hydrazine groups is 1. The summed E-state index contributed by atoms with van der Waals surface area (Å²) in [5.41, 5.74) is 5.03. The van der Waals surface area contributed by atoms with Crippen molar-refractivity contribution in [1.29, 1.82) is 0 Å². The molecule has 10 nitrogen and oxygen atoms in total. The van der Waals surface area contributed by atoms with Crippen molar-refractivity contribution < 1.29 is 4.79 Å². The zero-order chi connectivity index (χ0) is 22.4. The molecule has 33 heavy (non-hydrogen) atoms. The molecule has 10 heteroatoms. The predicted octanol–water partition coefficient (Wildman–Crippen LogP) is 1.46. The number of hydrogen-bond acceptors (Lipinski definition) is 7. The number of likely N-dealkylation sites (tertiary alicyclic amines) is 1. The molecule has 3 N–H and O–H groups in total. The van der Waals surface area contributed by atoms with Gasteiger partial charge in [-0.2, -0.15) is 10.1 Å². The summed E-state index contributed by atoms with van der Waals surface area (Å²) >= 11 is 0. The van der Waals surface area contributed by atoms with E-state index >= 15 is 0 Å². The Balaban J connectivity index is 1.30. The summed E-state index contributed by atoms with van der Waals surface area (Å²) in [6.07, 6.45) is 8.33. The van der Waals surface area contributed by atoms with E-state index in [1.54, 1.807) is 0 Å². The maximum atomic E-state index is 13.7. The number of carbonyl (C=O) groups is 1. The smallest absolute Gasteiger partial charge is 0.248 e. The van der Waals surface area contributed by atoms with Crippen molar-refractivity contribution in [2.24, 2.45) is 9.98 Å². The first-order valence-electron chi connectivity index (χ1n) is 12.4. The minimum Gasteiger partial charge on any atom is -0.339 e. The van der Waals surface area contributed by atoms with Crippen molar-refractivity contribution in [3.8, 4) is 0 Å². The summed E-state index contributed by atoms with van der Waals surface area (Å²) in [7, 11) is 0. The molecule has 1 saturated carbocycles. The van der Waals surface area contributed by atoms with Crippen LogP contribution in [0.5, 0.6) is 0 Å². The van der Waals surface area contributed by atoms with Gasteiger partial charge in [-0.25, -0.2) is 4.99 Å². The fourth-order valence-electron chi connectivity index (χ4n) is 5.40. The average molecular weight is 452 g/mol. The van der Waals surface area contributed by atoms with Crippen LogP contribution in [-0.4, -0.2) is 87.5 Å². The van der Waals surface area contributed by atoms with E-state index in [0.717, 1.165) is 76.3 Å². The second kappa shape index (κ2) is 8.16. The molecule has 5 heterocycles. The molecule has 176 valence electrons. The van der Waals surface area contributed by atoms with Crippen LogP contribution in [0.25, 0.3) is 0 Å². The van der Waals surface area contributed by atoms with Crippen LogP contribution < -0.4 is 10.7 Å². The number of aromatic nitrogens is 2. The van der Waals surface area contributed by atoms with Crippen LogP contribution >= 0.6 is 0 Å².